The molecule has 3 heteroatoms. The Balaban J connectivity index is 1.90. The van der Waals surface area contributed by atoms with Gasteiger partial charge in [-0.15, -0.1) is 0 Å². The first-order valence-corrected chi connectivity index (χ1v) is 6.97. The van der Waals surface area contributed by atoms with Crippen LogP contribution in [0.2, 0.25) is 0 Å². The molecule has 2 aliphatic heterocycles. The van der Waals surface area contributed by atoms with Crippen LogP contribution in [-0.2, 0) is 0 Å². The van der Waals surface area contributed by atoms with Crippen LogP contribution in [-0.4, -0.2) is 30.6 Å². The highest BCUT2D eigenvalue weighted by Gasteiger charge is 2.34. The highest BCUT2D eigenvalue weighted by atomic mass is 16.5. The van der Waals surface area contributed by atoms with Crippen molar-refractivity contribution in [3.63, 3.8) is 0 Å². The largest absolute Gasteiger partial charge is 0.493 e. The monoisotopic (exact) mass is 246 g/mol. The Morgan fingerprint density at radius 3 is 3.00 bits per heavy atom. The predicted octanol–water partition coefficient (Wildman–Crippen LogP) is 2.18. The van der Waals surface area contributed by atoms with E-state index in [1.165, 1.54) is 12.0 Å². The van der Waals surface area contributed by atoms with Crippen molar-refractivity contribution in [2.75, 3.05) is 19.7 Å². The summed E-state index contributed by atoms with van der Waals surface area (Å²) in [6.07, 6.45) is 2.38. The molecule has 18 heavy (non-hydrogen) atoms. The number of piperidine rings is 1. The van der Waals surface area contributed by atoms with E-state index in [1.807, 2.05) is 6.07 Å². The smallest absolute Gasteiger partial charge is 0.124 e. The fourth-order valence-electron chi connectivity index (χ4n) is 3.32. The van der Waals surface area contributed by atoms with Crippen molar-refractivity contribution in [1.82, 2.24) is 4.90 Å². The van der Waals surface area contributed by atoms with Crippen LogP contribution in [0.1, 0.15) is 31.4 Å². The second kappa shape index (κ2) is 4.90. The summed E-state index contributed by atoms with van der Waals surface area (Å²) in [7, 11) is 0. The lowest BCUT2D eigenvalue weighted by molar-refractivity contribution is 0.0686. The summed E-state index contributed by atoms with van der Waals surface area (Å²) in [5.41, 5.74) is 7.46. The van der Waals surface area contributed by atoms with Gasteiger partial charge in [-0.1, -0.05) is 25.1 Å². The highest BCUT2D eigenvalue weighted by molar-refractivity contribution is 5.38. The zero-order valence-corrected chi connectivity index (χ0v) is 11.0. The maximum absolute atomic E-state index is 6.12. The van der Waals surface area contributed by atoms with Gasteiger partial charge in [0.05, 0.1) is 6.61 Å². The van der Waals surface area contributed by atoms with Crippen molar-refractivity contribution >= 4 is 0 Å². The number of fused-ring (bicyclic) bond motifs is 1. The number of para-hydroxylation sites is 1. The minimum atomic E-state index is 0.334. The van der Waals surface area contributed by atoms with Crippen LogP contribution in [0.15, 0.2) is 24.3 Å². The molecule has 0 aromatic heterocycles. The Hall–Kier alpha value is -1.06. The topological polar surface area (TPSA) is 38.5 Å². The summed E-state index contributed by atoms with van der Waals surface area (Å²) in [6, 6.07) is 9.25. The third-order valence-corrected chi connectivity index (χ3v) is 4.16. The van der Waals surface area contributed by atoms with Gasteiger partial charge in [-0.25, -0.2) is 0 Å². The van der Waals surface area contributed by atoms with Gasteiger partial charge in [0, 0.05) is 30.1 Å². The van der Waals surface area contributed by atoms with E-state index in [0.29, 0.717) is 18.0 Å². The van der Waals surface area contributed by atoms with E-state index < -0.39 is 0 Å². The third-order valence-electron chi connectivity index (χ3n) is 4.16. The van der Waals surface area contributed by atoms with Gasteiger partial charge in [0.1, 0.15) is 5.75 Å². The van der Waals surface area contributed by atoms with Crippen LogP contribution in [0.5, 0.6) is 5.75 Å². The Bertz CT molecular complexity index is 421. The molecule has 0 spiro atoms. The Morgan fingerprint density at radius 2 is 2.17 bits per heavy atom. The van der Waals surface area contributed by atoms with Crippen LogP contribution < -0.4 is 10.5 Å². The molecule has 2 N–H and O–H groups in total. The highest BCUT2D eigenvalue weighted by Crippen LogP contribution is 2.39. The number of benzene rings is 1. The molecule has 3 rings (SSSR count). The van der Waals surface area contributed by atoms with E-state index >= 15 is 0 Å². The van der Waals surface area contributed by atoms with Crippen LogP contribution in [0.25, 0.3) is 0 Å². The number of rotatable bonds is 1. The van der Waals surface area contributed by atoms with Crippen molar-refractivity contribution in [2.45, 2.75) is 31.8 Å². The fourth-order valence-corrected chi connectivity index (χ4v) is 3.32. The summed E-state index contributed by atoms with van der Waals surface area (Å²) in [4.78, 5) is 2.56. The van der Waals surface area contributed by atoms with Gasteiger partial charge in [0.2, 0.25) is 0 Å². The first-order valence-electron chi connectivity index (χ1n) is 6.97. The van der Waals surface area contributed by atoms with Gasteiger partial charge in [-0.05, 0) is 25.5 Å². The minimum absolute atomic E-state index is 0.334. The summed E-state index contributed by atoms with van der Waals surface area (Å²) >= 11 is 0. The molecule has 1 saturated heterocycles. The number of hydrogen-bond donors (Lipinski definition) is 1. The summed E-state index contributed by atoms with van der Waals surface area (Å²) in [5, 5.41) is 0. The van der Waals surface area contributed by atoms with E-state index in [4.69, 9.17) is 10.5 Å². The Kier molecular flexibility index (Phi) is 3.27. The lowest BCUT2D eigenvalue weighted by Gasteiger charge is -2.42. The first kappa shape index (κ1) is 12.0. The Morgan fingerprint density at radius 1 is 1.33 bits per heavy atom. The molecule has 3 nitrogen and oxygen atoms in total. The molecular weight excluding hydrogens is 224 g/mol. The quantitative estimate of drug-likeness (QED) is 0.825. The third kappa shape index (κ3) is 2.13. The van der Waals surface area contributed by atoms with E-state index in [1.54, 1.807) is 0 Å². The molecule has 0 saturated carbocycles. The van der Waals surface area contributed by atoms with E-state index in [2.05, 4.69) is 30.0 Å². The number of hydrogen-bond acceptors (Lipinski definition) is 3. The standard InChI is InChI=1S/C15H22N2O/c1-11-10-18-14-7-3-2-6-13(14)15(11)17-8-4-5-12(16)9-17/h2-3,6-7,11-12,15H,4-5,8-10,16H2,1H3. The van der Waals surface area contributed by atoms with Crippen molar-refractivity contribution in [3.8, 4) is 5.75 Å². The summed E-state index contributed by atoms with van der Waals surface area (Å²) in [5.74, 6) is 1.59. The fraction of sp³-hybridized carbons (Fsp3) is 0.600. The van der Waals surface area contributed by atoms with Gasteiger partial charge in [0.15, 0.2) is 0 Å². The van der Waals surface area contributed by atoms with Crippen molar-refractivity contribution < 1.29 is 4.74 Å². The molecule has 3 atom stereocenters. The minimum Gasteiger partial charge on any atom is -0.493 e. The summed E-state index contributed by atoms with van der Waals surface area (Å²) in [6.45, 7) is 5.27. The molecule has 98 valence electrons. The number of nitrogens with zero attached hydrogens (tertiary/aromatic N) is 1. The van der Waals surface area contributed by atoms with Gasteiger partial charge >= 0.3 is 0 Å². The van der Waals surface area contributed by atoms with Gasteiger partial charge in [-0.3, -0.25) is 4.90 Å². The van der Waals surface area contributed by atoms with E-state index in [9.17, 15) is 0 Å². The SMILES string of the molecule is CC1COc2ccccc2C1N1CCCC(N)C1. The Labute approximate surface area is 109 Å². The molecule has 0 amide bonds. The van der Waals surface area contributed by atoms with Crippen LogP contribution in [0, 0.1) is 5.92 Å². The number of likely N-dealkylation sites (tertiary alicyclic amines) is 1. The van der Waals surface area contributed by atoms with Crippen LogP contribution >= 0.6 is 0 Å². The predicted molar refractivity (Wildman–Crippen MR) is 72.6 cm³/mol. The zero-order valence-electron chi connectivity index (χ0n) is 11.0. The lowest BCUT2D eigenvalue weighted by Crippen LogP contribution is -2.47. The molecule has 2 aliphatic rings. The maximum Gasteiger partial charge on any atom is 0.124 e. The van der Waals surface area contributed by atoms with Crippen LogP contribution in [0.3, 0.4) is 0 Å². The van der Waals surface area contributed by atoms with Crippen molar-refractivity contribution in [3.05, 3.63) is 29.8 Å². The second-order valence-corrected chi connectivity index (χ2v) is 5.67. The van der Waals surface area contributed by atoms with E-state index in [-0.39, 0.29) is 0 Å². The molecule has 1 aromatic rings. The van der Waals surface area contributed by atoms with E-state index in [0.717, 1.165) is 31.9 Å². The molecule has 0 aliphatic carbocycles. The zero-order chi connectivity index (χ0) is 12.5. The number of nitrogens with two attached hydrogens (primary N) is 1. The molecule has 0 radical (unpaired) electrons. The second-order valence-electron chi connectivity index (χ2n) is 5.67. The molecule has 2 heterocycles. The maximum atomic E-state index is 6.12. The average Bonchev–Trinajstić information content (AvgIpc) is 2.38. The van der Waals surface area contributed by atoms with Gasteiger partial charge in [-0.2, -0.15) is 0 Å². The molecule has 1 aromatic carbocycles. The normalized spacial score (nSPS) is 32.7. The summed E-state index contributed by atoms with van der Waals surface area (Å²) < 4.78 is 5.83. The van der Waals surface area contributed by atoms with Crippen LogP contribution in [0.4, 0.5) is 0 Å². The first-order chi connectivity index (χ1) is 8.75. The molecule has 1 fully saturated rings. The molecule has 0 bridgehead atoms. The average molecular weight is 246 g/mol. The number of ether oxygens (including phenoxy) is 1. The van der Waals surface area contributed by atoms with Gasteiger partial charge in [0.25, 0.3) is 0 Å². The van der Waals surface area contributed by atoms with Crippen molar-refractivity contribution in [2.24, 2.45) is 11.7 Å². The van der Waals surface area contributed by atoms with Gasteiger partial charge < -0.3 is 10.5 Å². The molecular formula is C15H22N2O. The lowest BCUT2D eigenvalue weighted by atomic mass is 9.89. The van der Waals surface area contributed by atoms with Crippen molar-refractivity contribution in [1.29, 1.82) is 0 Å². The molecule has 3 unspecified atom stereocenters.